The molecule has 0 saturated heterocycles. The summed E-state index contributed by atoms with van der Waals surface area (Å²) >= 11 is 1.85. The molecule has 0 fully saturated rings. The van der Waals surface area contributed by atoms with Crippen LogP contribution in [0.3, 0.4) is 0 Å². The Hall–Kier alpha value is -1.78. The van der Waals surface area contributed by atoms with Gasteiger partial charge < -0.3 is 5.11 Å². The van der Waals surface area contributed by atoms with Crippen molar-refractivity contribution in [3.05, 3.63) is 65.2 Å². The highest BCUT2D eigenvalue weighted by Gasteiger charge is 2.53. The van der Waals surface area contributed by atoms with Gasteiger partial charge in [-0.15, -0.1) is 0 Å². The first-order valence-corrected chi connectivity index (χ1v) is 9.48. The maximum Gasteiger partial charge on any atom is 0.316 e. The fourth-order valence-corrected chi connectivity index (χ4v) is 4.79. The molecular formula is C20H23N2OS+. The molecule has 0 aromatic heterocycles. The number of thioether (sulfide) groups is 1. The lowest BCUT2D eigenvalue weighted by atomic mass is 10.0. The van der Waals surface area contributed by atoms with E-state index in [1.165, 1.54) is 22.0 Å². The summed E-state index contributed by atoms with van der Waals surface area (Å²) in [6, 6.07) is 16.7. The standard InChI is InChI=1S/C20H23N2OS/c1-15-8-10-17(11-9-15)20(23)14-21(18-7-4-3-6-16(18)2)19-22(20)12-5-13-24-19/h3-4,6-11,23H,5,12-14H2,1-2H3/q+1. The van der Waals surface area contributed by atoms with Crippen LogP contribution in [0.5, 0.6) is 0 Å². The minimum absolute atomic E-state index is 0.573. The van der Waals surface area contributed by atoms with E-state index in [1.807, 2.05) is 11.8 Å². The molecule has 0 radical (unpaired) electrons. The minimum atomic E-state index is -0.960. The molecule has 2 heterocycles. The summed E-state index contributed by atoms with van der Waals surface area (Å²) in [5.41, 5.74) is 3.66. The lowest BCUT2D eigenvalue weighted by Gasteiger charge is -2.24. The van der Waals surface area contributed by atoms with E-state index in [0.29, 0.717) is 6.54 Å². The number of hydrogen-bond donors (Lipinski definition) is 1. The van der Waals surface area contributed by atoms with Crippen LogP contribution in [-0.2, 0) is 5.72 Å². The van der Waals surface area contributed by atoms with Crippen molar-refractivity contribution in [1.29, 1.82) is 0 Å². The molecule has 0 spiro atoms. The zero-order chi connectivity index (χ0) is 16.7. The Labute approximate surface area is 147 Å². The van der Waals surface area contributed by atoms with E-state index in [9.17, 15) is 5.11 Å². The Morgan fingerprint density at radius 3 is 2.58 bits per heavy atom. The molecule has 2 aliphatic heterocycles. The van der Waals surface area contributed by atoms with Gasteiger partial charge in [0.1, 0.15) is 5.69 Å². The third-order valence-electron chi connectivity index (χ3n) is 4.96. The predicted molar refractivity (Wildman–Crippen MR) is 101 cm³/mol. The van der Waals surface area contributed by atoms with Crippen molar-refractivity contribution in [2.45, 2.75) is 26.0 Å². The van der Waals surface area contributed by atoms with E-state index >= 15 is 0 Å². The number of aliphatic hydroxyl groups is 1. The summed E-state index contributed by atoms with van der Waals surface area (Å²) in [4.78, 5) is 2.29. The first-order chi connectivity index (χ1) is 11.6. The Bertz CT molecular complexity index is 800. The second kappa shape index (κ2) is 5.94. The molecule has 4 heteroatoms. The fourth-order valence-electron chi connectivity index (χ4n) is 3.62. The Balaban J connectivity index is 1.82. The number of anilines is 1. The van der Waals surface area contributed by atoms with Crippen molar-refractivity contribution in [1.82, 2.24) is 0 Å². The fraction of sp³-hybridized carbons (Fsp3) is 0.350. The maximum atomic E-state index is 11.6. The number of aryl methyl sites for hydroxylation is 2. The third-order valence-corrected chi connectivity index (χ3v) is 6.16. The van der Waals surface area contributed by atoms with Crippen molar-refractivity contribution in [3.8, 4) is 0 Å². The van der Waals surface area contributed by atoms with Crippen LogP contribution < -0.4 is 4.90 Å². The van der Waals surface area contributed by atoms with E-state index in [4.69, 9.17) is 0 Å². The summed E-state index contributed by atoms with van der Waals surface area (Å²) < 4.78 is 2.19. The number of β-amino-alcohol motifs (C(OH)–C–C–N with tert-alkyl or cyclic N) is 1. The molecule has 2 aliphatic rings. The van der Waals surface area contributed by atoms with Gasteiger partial charge in [0.05, 0.1) is 6.54 Å². The second-order valence-corrected chi connectivity index (χ2v) is 7.75. The number of benzene rings is 2. The van der Waals surface area contributed by atoms with E-state index < -0.39 is 5.72 Å². The van der Waals surface area contributed by atoms with Crippen molar-refractivity contribution in [2.75, 3.05) is 23.7 Å². The van der Waals surface area contributed by atoms with Crippen molar-refractivity contribution in [3.63, 3.8) is 0 Å². The van der Waals surface area contributed by atoms with Crippen molar-refractivity contribution < 1.29 is 9.68 Å². The van der Waals surface area contributed by atoms with Crippen LogP contribution in [-0.4, -0.2) is 33.7 Å². The first kappa shape index (κ1) is 15.7. The lowest BCUT2D eigenvalue weighted by molar-refractivity contribution is -0.656. The second-order valence-electron chi connectivity index (χ2n) is 6.69. The molecule has 1 unspecified atom stereocenters. The highest BCUT2D eigenvalue weighted by molar-refractivity contribution is 8.13. The number of para-hydroxylation sites is 1. The van der Waals surface area contributed by atoms with E-state index in [-0.39, 0.29) is 0 Å². The zero-order valence-corrected chi connectivity index (χ0v) is 15.0. The van der Waals surface area contributed by atoms with Gasteiger partial charge in [0.15, 0.2) is 6.54 Å². The van der Waals surface area contributed by atoms with Crippen LogP contribution in [0.25, 0.3) is 0 Å². The third kappa shape index (κ3) is 2.45. The zero-order valence-electron chi connectivity index (χ0n) is 14.2. The van der Waals surface area contributed by atoms with Gasteiger partial charge in [-0.2, -0.15) is 0 Å². The molecule has 1 atom stereocenters. The first-order valence-electron chi connectivity index (χ1n) is 8.50. The Morgan fingerprint density at radius 1 is 1.08 bits per heavy atom. The average Bonchev–Trinajstić information content (AvgIpc) is 2.90. The molecule has 2 aromatic carbocycles. The van der Waals surface area contributed by atoms with Gasteiger partial charge in [0.25, 0.3) is 5.72 Å². The summed E-state index contributed by atoms with van der Waals surface area (Å²) in [6.07, 6.45) is 1.10. The summed E-state index contributed by atoms with van der Waals surface area (Å²) in [5.74, 6) is 1.11. The van der Waals surface area contributed by atoms with Gasteiger partial charge in [-0.1, -0.05) is 48.0 Å². The highest BCUT2D eigenvalue weighted by atomic mass is 32.2. The predicted octanol–water partition coefficient (Wildman–Crippen LogP) is 3.47. The molecule has 0 aliphatic carbocycles. The van der Waals surface area contributed by atoms with E-state index in [2.05, 4.69) is 71.9 Å². The SMILES string of the molecule is Cc1ccc(C2(O)CN(c3ccccc3C)C3=[N+]2CCCS3)cc1. The number of hydrogen-bond acceptors (Lipinski definition) is 3. The molecule has 124 valence electrons. The smallest absolute Gasteiger partial charge is 0.316 e. The van der Waals surface area contributed by atoms with Gasteiger partial charge in [-0.25, -0.2) is 9.48 Å². The average molecular weight is 339 g/mol. The molecular weight excluding hydrogens is 316 g/mol. The van der Waals surface area contributed by atoms with Gasteiger partial charge in [-0.05, 0) is 43.7 Å². The molecule has 4 rings (SSSR count). The van der Waals surface area contributed by atoms with E-state index in [0.717, 1.165) is 24.3 Å². The Morgan fingerprint density at radius 2 is 1.83 bits per heavy atom. The molecule has 24 heavy (non-hydrogen) atoms. The maximum absolute atomic E-state index is 11.6. The van der Waals surface area contributed by atoms with Gasteiger partial charge in [-0.3, -0.25) is 0 Å². The van der Waals surface area contributed by atoms with Crippen molar-refractivity contribution in [2.24, 2.45) is 0 Å². The van der Waals surface area contributed by atoms with Gasteiger partial charge >= 0.3 is 5.17 Å². The molecule has 1 N–H and O–H groups in total. The molecule has 0 saturated carbocycles. The highest BCUT2D eigenvalue weighted by Crippen LogP contribution is 2.38. The quantitative estimate of drug-likeness (QED) is 0.849. The number of amidine groups is 1. The topological polar surface area (TPSA) is 26.5 Å². The van der Waals surface area contributed by atoms with Crippen molar-refractivity contribution >= 4 is 22.6 Å². The normalized spacial score (nSPS) is 23.5. The minimum Gasteiger partial charge on any atom is -0.346 e. The molecule has 2 aromatic rings. The van der Waals surface area contributed by atoms with Crippen LogP contribution in [0.1, 0.15) is 23.1 Å². The summed E-state index contributed by atoms with van der Waals surface area (Å²) in [7, 11) is 0. The Kier molecular flexibility index (Phi) is 3.89. The monoisotopic (exact) mass is 339 g/mol. The summed E-state index contributed by atoms with van der Waals surface area (Å²) in [5, 5.41) is 12.8. The molecule has 0 amide bonds. The van der Waals surface area contributed by atoms with Crippen LogP contribution >= 0.6 is 11.8 Å². The molecule has 3 nitrogen and oxygen atoms in total. The number of rotatable bonds is 2. The number of nitrogens with zero attached hydrogens (tertiary/aromatic N) is 2. The summed E-state index contributed by atoms with van der Waals surface area (Å²) in [6.45, 7) is 5.69. The van der Waals surface area contributed by atoms with Crippen LogP contribution in [0, 0.1) is 13.8 Å². The van der Waals surface area contributed by atoms with Gasteiger partial charge in [0.2, 0.25) is 0 Å². The lowest BCUT2D eigenvalue weighted by Crippen LogP contribution is -2.41. The van der Waals surface area contributed by atoms with Crippen LogP contribution in [0.15, 0.2) is 48.5 Å². The van der Waals surface area contributed by atoms with Gasteiger partial charge in [0, 0.05) is 11.3 Å². The largest absolute Gasteiger partial charge is 0.346 e. The van der Waals surface area contributed by atoms with Crippen LogP contribution in [0.2, 0.25) is 0 Å². The van der Waals surface area contributed by atoms with Crippen LogP contribution in [0.4, 0.5) is 5.69 Å². The van der Waals surface area contributed by atoms with E-state index in [1.54, 1.807) is 0 Å². The molecule has 0 bridgehead atoms.